The fraction of sp³-hybridized carbons (Fsp3) is 0.667. The van der Waals surface area contributed by atoms with Gasteiger partial charge in [-0.2, -0.15) is 0 Å². The van der Waals surface area contributed by atoms with Crippen LogP contribution in [0.5, 0.6) is 0 Å². The van der Waals surface area contributed by atoms with Crippen LogP contribution in [0.15, 0.2) is 0 Å². The number of aryl methyl sites for hydroxylation is 1. The van der Waals surface area contributed by atoms with Gasteiger partial charge in [0.25, 0.3) is 5.91 Å². The Labute approximate surface area is 172 Å². The molecular weight excluding hydrogens is 372 g/mol. The second kappa shape index (κ2) is 9.43. The van der Waals surface area contributed by atoms with Gasteiger partial charge in [0.05, 0.1) is 18.7 Å². The number of piperazine rings is 1. The maximum atomic E-state index is 13.0. The smallest absolute Gasteiger partial charge is 0.340 e. The van der Waals surface area contributed by atoms with Crippen LogP contribution in [0.2, 0.25) is 0 Å². The van der Waals surface area contributed by atoms with E-state index in [2.05, 4.69) is 9.88 Å². The van der Waals surface area contributed by atoms with Crippen LogP contribution in [-0.2, 0) is 9.53 Å². The molecule has 2 amide bonds. The van der Waals surface area contributed by atoms with Crippen molar-refractivity contribution < 1.29 is 19.1 Å². The molecule has 8 nitrogen and oxygen atoms in total. The minimum absolute atomic E-state index is 0.108. The van der Waals surface area contributed by atoms with Crippen molar-refractivity contribution in [3.63, 3.8) is 0 Å². The molecule has 0 atom stereocenters. The molecule has 0 saturated carbocycles. The molecule has 2 fully saturated rings. The maximum Gasteiger partial charge on any atom is 0.340 e. The van der Waals surface area contributed by atoms with Crippen molar-refractivity contribution in [1.29, 1.82) is 0 Å². The minimum Gasteiger partial charge on any atom is -0.462 e. The van der Waals surface area contributed by atoms with Crippen molar-refractivity contribution in [2.24, 2.45) is 0 Å². The van der Waals surface area contributed by atoms with Crippen LogP contribution >= 0.6 is 0 Å². The highest BCUT2D eigenvalue weighted by Crippen LogP contribution is 2.21. The summed E-state index contributed by atoms with van der Waals surface area (Å²) in [6.07, 6.45) is 3.40. The largest absolute Gasteiger partial charge is 0.462 e. The Morgan fingerprint density at radius 2 is 1.59 bits per heavy atom. The third kappa shape index (κ3) is 4.80. The molecule has 2 saturated heterocycles. The molecule has 0 aromatic carbocycles. The van der Waals surface area contributed by atoms with E-state index in [9.17, 15) is 14.4 Å². The highest BCUT2D eigenvalue weighted by Gasteiger charge is 2.29. The Balaban J connectivity index is 1.57. The van der Waals surface area contributed by atoms with Crippen LogP contribution in [-0.4, -0.2) is 89.9 Å². The molecule has 0 radical (unpaired) electrons. The molecule has 0 unspecified atom stereocenters. The van der Waals surface area contributed by atoms with Gasteiger partial charge in [-0.3, -0.25) is 14.5 Å². The highest BCUT2D eigenvalue weighted by molar-refractivity contribution is 6.00. The van der Waals surface area contributed by atoms with Crippen LogP contribution in [0.1, 0.15) is 58.3 Å². The summed E-state index contributed by atoms with van der Waals surface area (Å²) in [5.41, 5.74) is 2.17. The fourth-order valence-corrected chi connectivity index (χ4v) is 4.18. The van der Waals surface area contributed by atoms with Gasteiger partial charge in [-0.05, 0) is 45.6 Å². The third-order valence-corrected chi connectivity index (χ3v) is 5.86. The summed E-state index contributed by atoms with van der Waals surface area (Å²) in [6, 6.07) is 0. The summed E-state index contributed by atoms with van der Waals surface area (Å²) in [5.74, 6) is -0.318. The fourth-order valence-electron chi connectivity index (χ4n) is 4.18. The molecule has 1 aromatic rings. The van der Waals surface area contributed by atoms with Crippen molar-refractivity contribution in [2.75, 3.05) is 52.4 Å². The standard InChI is InChI=1S/C21H32N4O4/c1-4-29-21(28)18-15(2)19(22-16(18)3)20(27)25-12-10-23(11-13-25)14-17(26)24-8-6-5-7-9-24/h22H,4-14H2,1-3H3. The van der Waals surface area contributed by atoms with Gasteiger partial charge in [0.2, 0.25) is 5.91 Å². The number of aromatic amines is 1. The molecule has 2 aliphatic heterocycles. The van der Waals surface area contributed by atoms with Crippen LogP contribution in [0, 0.1) is 13.8 Å². The van der Waals surface area contributed by atoms with Gasteiger partial charge >= 0.3 is 5.97 Å². The molecule has 3 rings (SSSR count). The van der Waals surface area contributed by atoms with Crippen molar-refractivity contribution in [3.05, 3.63) is 22.5 Å². The lowest BCUT2D eigenvalue weighted by atomic mass is 10.1. The first-order chi connectivity index (χ1) is 13.9. The van der Waals surface area contributed by atoms with Gasteiger partial charge in [-0.25, -0.2) is 4.79 Å². The van der Waals surface area contributed by atoms with E-state index in [4.69, 9.17) is 4.74 Å². The minimum atomic E-state index is -0.404. The van der Waals surface area contributed by atoms with Crippen LogP contribution in [0.25, 0.3) is 0 Å². The normalized spacial score (nSPS) is 18.0. The summed E-state index contributed by atoms with van der Waals surface area (Å²) < 4.78 is 5.10. The predicted molar refractivity (Wildman–Crippen MR) is 109 cm³/mol. The number of nitrogens with zero attached hydrogens (tertiary/aromatic N) is 3. The number of rotatable bonds is 5. The summed E-state index contributed by atoms with van der Waals surface area (Å²) in [6.45, 7) is 10.3. The van der Waals surface area contributed by atoms with Gasteiger partial charge in [-0.15, -0.1) is 0 Å². The Morgan fingerprint density at radius 3 is 2.21 bits per heavy atom. The topological polar surface area (TPSA) is 86.0 Å². The van der Waals surface area contributed by atoms with E-state index in [-0.39, 0.29) is 11.8 Å². The number of carbonyl (C=O) groups excluding carboxylic acids is 3. The molecule has 1 N–H and O–H groups in total. The quantitative estimate of drug-likeness (QED) is 0.753. The van der Waals surface area contributed by atoms with Crippen molar-refractivity contribution in [2.45, 2.75) is 40.0 Å². The molecule has 0 bridgehead atoms. The third-order valence-electron chi connectivity index (χ3n) is 5.86. The number of ether oxygens (including phenoxy) is 1. The van der Waals surface area contributed by atoms with E-state index in [0.717, 1.165) is 25.9 Å². The Hall–Kier alpha value is -2.35. The lowest BCUT2D eigenvalue weighted by Crippen LogP contribution is -2.52. The Morgan fingerprint density at radius 1 is 0.931 bits per heavy atom. The summed E-state index contributed by atoms with van der Waals surface area (Å²) >= 11 is 0. The van der Waals surface area contributed by atoms with Crippen LogP contribution in [0.4, 0.5) is 0 Å². The second-order valence-corrected chi connectivity index (χ2v) is 7.86. The number of likely N-dealkylation sites (tertiary alicyclic amines) is 1. The molecule has 0 aliphatic carbocycles. The molecule has 3 heterocycles. The SMILES string of the molecule is CCOC(=O)c1c(C)[nH]c(C(=O)N2CCN(CC(=O)N3CCCCC3)CC2)c1C. The lowest BCUT2D eigenvalue weighted by molar-refractivity contribution is -0.133. The maximum absolute atomic E-state index is 13.0. The molecule has 0 spiro atoms. The molecule has 160 valence electrons. The van der Waals surface area contributed by atoms with E-state index in [1.165, 1.54) is 6.42 Å². The number of H-pyrrole nitrogens is 1. The van der Waals surface area contributed by atoms with Crippen LogP contribution < -0.4 is 0 Å². The number of hydrogen-bond acceptors (Lipinski definition) is 5. The average molecular weight is 405 g/mol. The molecule has 8 heteroatoms. The van der Waals surface area contributed by atoms with E-state index < -0.39 is 5.97 Å². The van der Waals surface area contributed by atoms with Gasteiger partial charge in [0.15, 0.2) is 0 Å². The van der Waals surface area contributed by atoms with Crippen molar-refractivity contribution >= 4 is 17.8 Å². The van der Waals surface area contributed by atoms with Crippen molar-refractivity contribution in [3.8, 4) is 0 Å². The van der Waals surface area contributed by atoms with E-state index in [1.807, 2.05) is 4.90 Å². The van der Waals surface area contributed by atoms with Gasteiger partial charge in [0, 0.05) is 45.0 Å². The van der Waals surface area contributed by atoms with Gasteiger partial charge < -0.3 is 19.5 Å². The predicted octanol–water partition coefficient (Wildman–Crippen LogP) is 1.58. The second-order valence-electron chi connectivity index (χ2n) is 7.86. The van der Waals surface area contributed by atoms with Gasteiger partial charge in [-0.1, -0.05) is 0 Å². The molecule has 1 aromatic heterocycles. The Kier molecular flexibility index (Phi) is 6.95. The zero-order valence-electron chi connectivity index (χ0n) is 17.8. The Bertz CT molecular complexity index is 759. The van der Waals surface area contributed by atoms with Gasteiger partial charge in [0.1, 0.15) is 5.69 Å². The zero-order valence-corrected chi connectivity index (χ0v) is 17.8. The van der Waals surface area contributed by atoms with E-state index in [1.54, 1.807) is 25.7 Å². The first-order valence-electron chi connectivity index (χ1n) is 10.6. The molecule has 29 heavy (non-hydrogen) atoms. The number of aromatic nitrogens is 1. The number of nitrogens with one attached hydrogen (secondary N) is 1. The number of amides is 2. The number of esters is 1. The lowest BCUT2D eigenvalue weighted by Gasteiger charge is -2.36. The zero-order chi connectivity index (χ0) is 21.0. The van der Waals surface area contributed by atoms with Crippen molar-refractivity contribution in [1.82, 2.24) is 19.7 Å². The highest BCUT2D eigenvalue weighted by atomic mass is 16.5. The summed E-state index contributed by atoms with van der Waals surface area (Å²) in [7, 11) is 0. The molecule has 2 aliphatic rings. The summed E-state index contributed by atoms with van der Waals surface area (Å²) in [5, 5.41) is 0. The number of carbonyl (C=O) groups is 3. The average Bonchev–Trinajstić information content (AvgIpc) is 3.03. The number of hydrogen-bond donors (Lipinski definition) is 1. The monoisotopic (exact) mass is 404 g/mol. The van der Waals surface area contributed by atoms with E-state index in [0.29, 0.717) is 61.8 Å². The van der Waals surface area contributed by atoms with E-state index >= 15 is 0 Å². The molecular formula is C21H32N4O4. The van der Waals surface area contributed by atoms with Crippen LogP contribution in [0.3, 0.4) is 0 Å². The number of piperidine rings is 1. The summed E-state index contributed by atoms with van der Waals surface area (Å²) in [4.78, 5) is 46.6. The first-order valence-corrected chi connectivity index (χ1v) is 10.6. The first kappa shape index (κ1) is 21.4.